The maximum absolute atomic E-state index is 6.40. The van der Waals surface area contributed by atoms with E-state index in [1.165, 1.54) is 16.9 Å². The van der Waals surface area contributed by atoms with E-state index in [9.17, 15) is 0 Å². The van der Waals surface area contributed by atoms with Gasteiger partial charge in [-0.05, 0) is 42.3 Å². The largest absolute Gasteiger partial charge is 0.341 e. The predicted octanol–water partition coefficient (Wildman–Crippen LogP) is 4.14. The summed E-state index contributed by atoms with van der Waals surface area (Å²) in [6.45, 7) is 4.91. The molecule has 0 fully saturated rings. The zero-order valence-electron chi connectivity index (χ0n) is 11.7. The molecular formula is C17H19ClN2. The summed E-state index contributed by atoms with van der Waals surface area (Å²) in [6, 6.07) is 15.0. The second-order valence-electron chi connectivity index (χ2n) is 5.09. The van der Waals surface area contributed by atoms with Crippen molar-refractivity contribution in [1.82, 2.24) is 5.32 Å². The fourth-order valence-corrected chi connectivity index (χ4v) is 2.96. The van der Waals surface area contributed by atoms with Gasteiger partial charge in [0.15, 0.2) is 0 Å². The van der Waals surface area contributed by atoms with E-state index in [0.717, 1.165) is 36.6 Å². The number of anilines is 2. The van der Waals surface area contributed by atoms with Crippen LogP contribution in [-0.2, 0) is 13.0 Å². The topological polar surface area (TPSA) is 15.3 Å². The van der Waals surface area contributed by atoms with Crippen LogP contribution in [0, 0.1) is 0 Å². The van der Waals surface area contributed by atoms with Gasteiger partial charge in [-0.1, -0.05) is 42.8 Å². The minimum Gasteiger partial charge on any atom is -0.341 e. The number of hydrogen-bond donors (Lipinski definition) is 1. The summed E-state index contributed by atoms with van der Waals surface area (Å²) < 4.78 is 0. The second-order valence-corrected chi connectivity index (χ2v) is 5.49. The summed E-state index contributed by atoms with van der Waals surface area (Å²) in [5, 5.41) is 4.15. The van der Waals surface area contributed by atoms with Crippen LogP contribution in [0.5, 0.6) is 0 Å². The van der Waals surface area contributed by atoms with Crippen molar-refractivity contribution in [3.8, 4) is 0 Å². The van der Waals surface area contributed by atoms with Crippen LogP contribution >= 0.6 is 11.6 Å². The fourth-order valence-electron chi connectivity index (χ4n) is 2.71. The lowest BCUT2D eigenvalue weighted by molar-refractivity contribution is 0.727. The number of nitrogens with one attached hydrogen (secondary N) is 1. The molecule has 0 unspecified atom stereocenters. The van der Waals surface area contributed by atoms with E-state index in [-0.39, 0.29) is 0 Å². The highest BCUT2D eigenvalue weighted by molar-refractivity contribution is 6.31. The highest BCUT2D eigenvalue weighted by Gasteiger charge is 2.20. The fraction of sp³-hybridized carbons (Fsp3) is 0.294. The zero-order valence-corrected chi connectivity index (χ0v) is 12.5. The predicted molar refractivity (Wildman–Crippen MR) is 86.0 cm³/mol. The van der Waals surface area contributed by atoms with E-state index in [2.05, 4.69) is 59.6 Å². The van der Waals surface area contributed by atoms with Crippen molar-refractivity contribution in [3.05, 3.63) is 58.6 Å². The molecule has 0 aromatic heterocycles. The van der Waals surface area contributed by atoms with Gasteiger partial charge in [0.2, 0.25) is 0 Å². The lowest BCUT2D eigenvalue weighted by atomic mass is 10.1. The number of halogens is 1. The number of benzene rings is 2. The smallest absolute Gasteiger partial charge is 0.0471 e. The minimum absolute atomic E-state index is 0.826. The molecule has 1 aliphatic rings. The first-order chi connectivity index (χ1) is 9.79. The Labute approximate surface area is 125 Å². The molecule has 2 aromatic rings. The van der Waals surface area contributed by atoms with Crippen molar-refractivity contribution in [2.75, 3.05) is 18.0 Å². The molecule has 2 nitrogen and oxygen atoms in total. The van der Waals surface area contributed by atoms with Crippen LogP contribution in [-0.4, -0.2) is 13.1 Å². The van der Waals surface area contributed by atoms with Crippen molar-refractivity contribution in [2.45, 2.75) is 19.9 Å². The molecule has 1 heterocycles. The summed E-state index contributed by atoms with van der Waals surface area (Å²) in [5.41, 5.74) is 5.06. The summed E-state index contributed by atoms with van der Waals surface area (Å²) in [5.74, 6) is 0. The van der Waals surface area contributed by atoms with E-state index < -0.39 is 0 Å². The van der Waals surface area contributed by atoms with Crippen LogP contribution < -0.4 is 10.2 Å². The summed E-state index contributed by atoms with van der Waals surface area (Å²) in [4.78, 5) is 2.35. The van der Waals surface area contributed by atoms with Gasteiger partial charge in [-0.3, -0.25) is 0 Å². The van der Waals surface area contributed by atoms with Gasteiger partial charge in [-0.15, -0.1) is 0 Å². The Balaban J connectivity index is 1.87. The molecule has 0 aliphatic carbocycles. The van der Waals surface area contributed by atoms with Crippen LogP contribution in [0.4, 0.5) is 11.4 Å². The van der Waals surface area contributed by atoms with Gasteiger partial charge in [-0.2, -0.15) is 0 Å². The Morgan fingerprint density at radius 1 is 1.20 bits per heavy atom. The standard InChI is InChI=1S/C17H19ClN2/c1-2-19-12-14-7-8-15(11-16(14)18)20-10-9-13-5-3-4-6-17(13)20/h3-8,11,19H,2,9-10,12H2,1H3. The average molecular weight is 287 g/mol. The molecule has 3 heteroatoms. The van der Waals surface area contributed by atoms with Gasteiger partial charge in [0.1, 0.15) is 0 Å². The van der Waals surface area contributed by atoms with Gasteiger partial charge in [0.05, 0.1) is 0 Å². The monoisotopic (exact) mass is 286 g/mol. The molecule has 104 valence electrons. The summed E-state index contributed by atoms with van der Waals surface area (Å²) in [6.07, 6.45) is 1.10. The quantitative estimate of drug-likeness (QED) is 0.908. The number of nitrogens with zero attached hydrogens (tertiary/aromatic N) is 1. The third-order valence-corrected chi connectivity index (χ3v) is 4.15. The third-order valence-electron chi connectivity index (χ3n) is 3.80. The van der Waals surface area contributed by atoms with Crippen molar-refractivity contribution < 1.29 is 0 Å². The first-order valence-corrected chi connectivity index (χ1v) is 7.52. The molecular weight excluding hydrogens is 268 g/mol. The number of rotatable bonds is 4. The third kappa shape index (κ3) is 2.54. The molecule has 0 amide bonds. The minimum atomic E-state index is 0.826. The Hall–Kier alpha value is -1.51. The Morgan fingerprint density at radius 3 is 2.85 bits per heavy atom. The van der Waals surface area contributed by atoms with Crippen LogP contribution in [0.1, 0.15) is 18.1 Å². The summed E-state index contributed by atoms with van der Waals surface area (Å²) in [7, 11) is 0. The van der Waals surface area contributed by atoms with E-state index >= 15 is 0 Å². The van der Waals surface area contributed by atoms with E-state index in [1.807, 2.05) is 0 Å². The molecule has 0 bridgehead atoms. The molecule has 20 heavy (non-hydrogen) atoms. The van der Waals surface area contributed by atoms with Gasteiger partial charge in [-0.25, -0.2) is 0 Å². The maximum atomic E-state index is 6.40. The molecule has 0 saturated carbocycles. The van der Waals surface area contributed by atoms with Gasteiger partial charge in [0, 0.05) is 29.5 Å². The first kappa shape index (κ1) is 13.5. The van der Waals surface area contributed by atoms with Crippen molar-refractivity contribution in [2.24, 2.45) is 0 Å². The van der Waals surface area contributed by atoms with Crippen LogP contribution in [0.2, 0.25) is 5.02 Å². The molecule has 1 N–H and O–H groups in total. The van der Waals surface area contributed by atoms with E-state index in [1.54, 1.807) is 0 Å². The maximum Gasteiger partial charge on any atom is 0.0471 e. The van der Waals surface area contributed by atoms with Crippen molar-refractivity contribution in [3.63, 3.8) is 0 Å². The summed E-state index contributed by atoms with van der Waals surface area (Å²) >= 11 is 6.40. The highest BCUT2D eigenvalue weighted by Crippen LogP contribution is 2.35. The van der Waals surface area contributed by atoms with Crippen LogP contribution in [0.3, 0.4) is 0 Å². The number of fused-ring (bicyclic) bond motifs is 1. The van der Waals surface area contributed by atoms with Crippen molar-refractivity contribution >= 4 is 23.0 Å². The molecule has 1 aliphatic heterocycles. The normalized spacial score (nSPS) is 13.6. The lowest BCUT2D eigenvalue weighted by Crippen LogP contribution is -2.14. The van der Waals surface area contributed by atoms with Crippen LogP contribution in [0.15, 0.2) is 42.5 Å². The number of para-hydroxylation sites is 1. The van der Waals surface area contributed by atoms with Gasteiger partial charge < -0.3 is 10.2 Å². The first-order valence-electron chi connectivity index (χ1n) is 7.14. The molecule has 0 spiro atoms. The SMILES string of the molecule is CCNCc1ccc(N2CCc3ccccc32)cc1Cl. The zero-order chi connectivity index (χ0) is 13.9. The Morgan fingerprint density at radius 2 is 2.05 bits per heavy atom. The molecule has 0 saturated heterocycles. The number of hydrogen-bond acceptors (Lipinski definition) is 2. The Bertz CT molecular complexity index is 610. The van der Waals surface area contributed by atoms with E-state index in [4.69, 9.17) is 11.6 Å². The average Bonchev–Trinajstić information content (AvgIpc) is 2.90. The Kier molecular flexibility index (Phi) is 3.95. The highest BCUT2D eigenvalue weighted by atomic mass is 35.5. The van der Waals surface area contributed by atoms with E-state index in [0.29, 0.717) is 0 Å². The second kappa shape index (κ2) is 5.86. The molecule has 3 rings (SSSR count). The lowest BCUT2D eigenvalue weighted by Gasteiger charge is -2.20. The van der Waals surface area contributed by atoms with Gasteiger partial charge >= 0.3 is 0 Å². The van der Waals surface area contributed by atoms with Gasteiger partial charge in [0.25, 0.3) is 0 Å². The van der Waals surface area contributed by atoms with Crippen molar-refractivity contribution in [1.29, 1.82) is 0 Å². The van der Waals surface area contributed by atoms with Crippen LogP contribution in [0.25, 0.3) is 0 Å². The molecule has 0 atom stereocenters. The molecule has 0 radical (unpaired) electrons. The molecule has 2 aromatic carbocycles.